The van der Waals surface area contributed by atoms with Gasteiger partial charge in [-0.25, -0.2) is 4.39 Å². The molecular weight excluding hydrogens is 386 g/mol. The first-order valence-corrected chi connectivity index (χ1v) is 10.6. The van der Waals surface area contributed by atoms with Gasteiger partial charge < -0.3 is 14.5 Å². The van der Waals surface area contributed by atoms with E-state index in [-0.39, 0.29) is 12.2 Å². The normalized spacial score (nSPS) is 15.8. The van der Waals surface area contributed by atoms with Crippen LogP contribution in [0.1, 0.15) is 12.0 Å². The summed E-state index contributed by atoms with van der Waals surface area (Å²) >= 11 is 0. The van der Waals surface area contributed by atoms with E-state index in [4.69, 9.17) is 9.29 Å². The summed E-state index contributed by atoms with van der Waals surface area (Å²) in [4.78, 5) is 18.4. The lowest BCUT2D eigenvalue weighted by Gasteiger charge is -2.28. The Kier molecular flexibility index (Phi) is 6.21. The van der Waals surface area contributed by atoms with E-state index in [1.807, 2.05) is 0 Å². The second kappa shape index (κ2) is 7.85. The van der Waals surface area contributed by atoms with Gasteiger partial charge in [-0.2, -0.15) is 8.42 Å². The van der Waals surface area contributed by atoms with E-state index >= 15 is 0 Å². The predicted molar refractivity (Wildman–Crippen MR) is 93.1 cm³/mol. The number of benzene rings is 2. The van der Waals surface area contributed by atoms with Crippen molar-refractivity contribution in [1.29, 1.82) is 0 Å². The van der Waals surface area contributed by atoms with Gasteiger partial charge in [-0.1, -0.05) is 48.5 Å². The number of para-hydroxylation sites is 1. The Labute approximate surface area is 150 Å². The number of halogens is 1. The third-order valence-electron chi connectivity index (χ3n) is 3.66. The molecule has 0 saturated carbocycles. The van der Waals surface area contributed by atoms with E-state index < -0.39 is 35.0 Å². The lowest BCUT2D eigenvalue weighted by atomic mass is 10.1. The molecule has 10 heteroatoms. The van der Waals surface area contributed by atoms with Gasteiger partial charge >= 0.3 is 22.5 Å². The molecule has 0 aliphatic carbocycles. The van der Waals surface area contributed by atoms with Gasteiger partial charge in [0.1, 0.15) is 11.9 Å². The molecule has 0 amide bonds. The summed E-state index contributed by atoms with van der Waals surface area (Å²) in [5, 5.41) is 0. The highest BCUT2D eigenvalue weighted by molar-refractivity contribution is 7.94. The van der Waals surface area contributed by atoms with E-state index in [2.05, 4.69) is 0 Å². The van der Waals surface area contributed by atoms with Crippen LogP contribution in [0, 0.1) is 0 Å². The molecule has 2 atom stereocenters. The number of hydrogen-bond donors (Lipinski definition) is 3. The molecule has 2 rings (SSSR count). The molecule has 0 heterocycles. The highest BCUT2D eigenvalue weighted by Gasteiger charge is 2.60. The van der Waals surface area contributed by atoms with Crippen LogP contribution in [0.2, 0.25) is 0 Å². The van der Waals surface area contributed by atoms with Crippen LogP contribution in [0.5, 0.6) is 5.75 Å². The Morgan fingerprint density at radius 3 is 2.00 bits per heavy atom. The highest BCUT2D eigenvalue weighted by Crippen LogP contribution is 2.57. The Morgan fingerprint density at radius 2 is 1.54 bits per heavy atom. The van der Waals surface area contributed by atoms with Crippen LogP contribution in [0.25, 0.3) is 0 Å². The fraction of sp³-hybridized carbons (Fsp3) is 0.250. The molecule has 0 spiro atoms. The maximum absolute atomic E-state index is 14.8. The smallest absolute Gasteiger partial charge is 0.380 e. The maximum Gasteiger partial charge on any atom is 0.380 e. The Hall–Kier alpha value is -1.77. The minimum Gasteiger partial charge on any atom is -0.490 e. The SMILES string of the molecule is O=P(O)(O)C(F)(CC(Cc1ccccc1)Oc1ccccc1)S(=O)(=O)O. The van der Waals surface area contributed by atoms with Crippen molar-refractivity contribution in [2.24, 2.45) is 0 Å². The average Bonchev–Trinajstić information content (AvgIpc) is 2.54. The second-order valence-electron chi connectivity index (χ2n) is 5.65. The maximum atomic E-state index is 14.8. The third-order valence-corrected chi connectivity index (χ3v) is 7.08. The van der Waals surface area contributed by atoms with Crippen molar-refractivity contribution >= 4 is 17.7 Å². The molecule has 3 N–H and O–H groups in total. The standard InChI is InChI=1S/C16H18FO7PS/c17-16(25(18,19)20,26(21,22)23)12-15(11-13-7-3-1-4-8-13)24-14-9-5-2-6-10-14/h1-10,15H,11-12H2,(H2,18,19,20)(H,21,22,23). The van der Waals surface area contributed by atoms with Crippen LogP contribution in [0.3, 0.4) is 0 Å². The van der Waals surface area contributed by atoms with Gasteiger partial charge in [0.05, 0.1) is 0 Å². The number of hydrogen-bond acceptors (Lipinski definition) is 4. The molecule has 0 aliphatic rings. The van der Waals surface area contributed by atoms with Gasteiger partial charge in [-0.15, -0.1) is 0 Å². The van der Waals surface area contributed by atoms with E-state index in [1.54, 1.807) is 48.5 Å². The topological polar surface area (TPSA) is 121 Å². The molecule has 2 aromatic carbocycles. The van der Waals surface area contributed by atoms with Crippen LogP contribution in [-0.4, -0.2) is 33.6 Å². The van der Waals surface area contributed by atoms with Crippen molar-refractivity contribution in [2.75, 3.05) is 0 Å². The molecule has 26 heavy (non-hydrogen) atoms. The zero-order valence-electron chi connectivity index (χ0n) is 13.5. The monoisotopic (exact) mass is 404 g/mol. The number of alkyl halides is 1. The number of ether oxygens (including phenoxy) is 1. The van der Waals surface area contributed by atoms with Crippen molar-refractivity contribution < 1.29 is 36.4 Å². The minimum absolute atomic E-state index is 0.0308. The van der Waals surface area contributed by atoms with Gasteiger partial charge in [0.25, 0.3) is 0 Å². The minimum atomic E-state index is -5.86. The highest BCUT2D eigenvalue weighted by atomic mass is 32.2. The fourth-order valence-corrected chi connectivity index (χ4v) is 4.42. The van der Waals surface area contributed by atoms with Crippen LogP contribution >= 0.6 is 7.60 Å². The molecule has 0 saturated heterocycles. The third kappa shape index (κ3) is 4.90. The molecule has 142 valence electrons. The largest absolute Gasteiger partial charge is 0.490 e. The lowest BCUT2D eigenvalue weighted by Crippen LogP contribution is -2.39. The molecule has 0 aromatic heterocycles. The summed E-state index contributed by atoms with van der Waals surface area (Å²) in [7, 11) is -11.6. The Balaban J connectivity index is 2.37. The second-order valence-corrected chi connectivity index (χ2v) is 9.35. The molecule has 0 bridgehead atoms. The van der Waals surface area contributed by atoms with Crippen LogP contribution in [0.4, 0.5) is 4.39 Å². The summed E-state index contributed by atoms with van der Waals surface area (Å²) in [6.07, 6.45) is -2.55. The molecule has 0 aliphatic heterocycles. The summed E-state index contributed by atoms with van der Waals surface area (Å²) < 4.78 is 59.5. The van der Waals surface area contributed by atoms with Crippen molar-refractivity contribution in [3.8, 4) is 5.75 Å². The summed E-state index contributed by atoms with van der Waals surface area (Å²) in [6, 6.07) is 16.5. The van der Waals surface area contributed by atoms with Gasteiger partial charge in [0.2, 0.25) is 0 Å². The molecule has 0 radical (unpaired) electrons. The van der Waals surface area contributed by atoms with E-state index in [0.29, 0.717) is 5.56 Å². The van der Waals surface area contributed by atoms with Gasteiger partial charge in [0, 0.05) is 12.8 Å². The summed E-state index contributed by atoms with van der Waals surface area (Å²) in [5.74, 6) is 0.261. The van der Waals surface area contributed by atoms with Crippen LogP contribution in [0.15, 0.2) is 60.7 Å². The molecular formula is C16H18FO7PS. The van der Waals surface area contributed by atoms with Gasteiger partial charge in [0.15, 0.2) is 0 Å². The first-order valence-electron chi connectivity index (χ1n) is 7.50. The zero-order valence-corrected chi connectivity index (χ0v) is 15.2. The Morgan fingerprint density at radius 1 is 1.04 bits per heavy atom. The number of rotatable bonds is 8. The molecule has 2 aromatic rings. The van der Waals surface area contributed by atoms with E-state index in [0.717, 1.165) is 0 Å². The molecule has 2 unspecified atom stereocenters. The average molecular weight is 404 g/mol. The predicted octanol–water partition coefficient (Wildman–Crippen LogP) is 2.76. The molecule has 0 fully saturated rings. The van der Waals surface area contributed by atoms with Gasteiger partial charge in [-0.3, -0.25) is 9.12 Å². The zero-order chi connectivity index (χ0) is 19.4. The van der Waals surface area contributed by atoms with Crippen molar-refractivity contribution in [3.63, 3.8) is 0 Å². The van der Waals surface area contributed by atoms with E-state index in [1.165, 1.54) is 12.1 Å². The first kappa shape index (κ1) is 20.5. The van der Waals surface area contributed by atoms with Crippen molar-refractivity contribution in [2.45, 2.75) is 23.7 Å². The van der Waals surface area contributed by atoms with Gasteiger partial charge in [-0.05, 0) is 17.7 Å². The lowest BCUT2D eigenvalue weighted by molar-refractivity contribution is 0.139. The molecule has 7 nitrogen and oxygen atoms in total. The summed E-state index contributed by atoms with van der Waals surface area (Å²) in [5.41, 5.74) is 0.636. The van der Waals surface area contributed by atoms with Crippen LogP contribution < -0.4 is 4.74 Å². The van der Waals surface area contributed by atoms with Crippen molar-refractivity contribution in [3.05, 3.63) is 66.2 Å². The first-order chi connectivity index (χ1) is 12.0. The summed E-state index contributed by atoms with van der Waals surface area (Å²) in [6.45, 7) is 0. The quantitative estimate of drug-likeness (QED) is 0.457. The Bertz CT molecular complexity index is 828. The fourth-order valence-electron chi connectivity index (χ4n) is 2.38. The van der Waals surface area contributed by atoms with Crippen LogP contribution in [-0.2, 0) is 21.1 Å². The van der Waals surface area contributed by atoms with E-state index in [9.17, 15) is 27.2 Å². The van der Waals surface area contributed by atoms with Crippen molar-refractivity contribution in [1.82, 2.24) is 0 Å².